The summed E-state index contributed by atoms with van der Waals surface area (Å²) < 4.78 is 8.10. The van der Waals surface area contributed by atoms with Gasteiger partial charge in [0.2, 0.25) is 5.43 Å². The highest BCUT2D eigenvalue weighted by Gasteiger charge is 2.18. The van der Waals surface area contributed by atoms with E-state index in [0.717, 1.165) is 15.6 Å². The summed E-state index contributed by atoms with van der Waals surface area (Å²) in [4.78, 5) is 25.8. The first kappa shape index (κ1) is 19.2. The van der Waals surface area contributed by atoms with E-state index in [1.54, 1.807) is 19.4 Å². The number of aryl methyl sites for hydroxylation is 1. The van der Waals surface area contributed by atoms with Gasteiger partial charge < -0.3 is 14.6 Å². The maximum Gasteiger partial charge on any atom is 0.257 e. The average molecular weight is 429 g/mol. The molecule has 1 amide bonds. The molecule has 3 aromatic rings. The van der Waals surface area contributed by atoms with Crippen LogP contribution in [0.3, 0.4) is 0 Å². The smallest absolute Gasteiger partial charge is 0.257 e. The summed E-state index contributed by atoms with van der Waals surface area (Å²) in [5, 5.41) is 3.39. The zero-order valence-corrected chi connectivity index (χ0v) is 17.0. The number of nitrogens with zero attached hydrogens (tertiary/aromatic N) is 1. The van der Waals surface area contributed by atoms with Crippen LogP contribution in [0.2, 0.25) is 0 Å². The Morgan fingerprint density at radius 2 is 1.93 bits per heavy atom. The first-order valence-electron chi connectivity index (χ1n) is 8.72. The molecule has 1 N–H and O–H groups in total. The van der Waals surface area contributed by atoms with E-state index in [9.17, 15) is 9.59 Å². The van der Waals surface area contributed by atoms with Crippen LogP contribution >= 0.6 is 15.9 Å². The molecule has 2 aromatic carbocycles. The lowest BCUT2D eigenvalue weighted by Crippen LogP contribution is -2.31. The fourth-order valence-electron chi connectivity index (χ4n) is 3.04. The number of pyridine rings is 1. The van der Waals surface area contributed by atoms with E-state index >= 15 is 0 Å². The predicted molar refractivity (Wildman–Crippen MR) is 110 cm³/mol. The third-order valence-electron chi connectivity index (χ3n) is 4.59. The molecule has 0 bridgehead atoms. The topological polar surface area (TPSA) is 60.3 Å². The molecular formula is C21H21BrN2O3. The van der Waals surface area contributed by atoms with Gasteiger partial charge in [-0.2, -0.15) is 0 Å². The van der Waals surface area contributed by atoms with Gasteiger partial charge in [0.05, 0.1) is 24.1 Å². The fraction of sp³-hybridized carbons (Fsp3) is 0.238. The molecule has 1 atom stereocenters. The summed E-state index contributed by atoms with van der Waals surface area (Å²) in [5.41, 5.74) is 1.57. The Kier molecular flexibility index (Phi) is 5.65. The molecule has 0 aliphatic carbocycles. The zero-order chi connectivity index (χ0) is 19.6. The third kappa shape index (κ3) is 3.90. The normalized spacial score (nSPS) is 12.0. The number of carbonyl (C=O) groups excluding carboxylic acids is 1. The zero-order valence-electron chi connectivity index (χ0n) is 15.5. The van der Waals surface area contributed by atoms with Crippen molar-refractivity contribution in [2.45, 2.75) is 26.4 Å². The van der Waals surface area contributed by atoms with E-state index in [1.165, 1.54) is 0 Å². The van der Waals surface area contributed by atoms with Crippen molar-refractivity contribution in [1.29, 1.82) is 0 Å². The van der Waals surface area contributed by atoms with Gasteiger partial charge in [0.1, 0.15) is 11.3 Å². The van der Waals surface area contributed by atoms with Crippen LogP contribution < -0.4 is 15.5 Å². The number of hydrogen-bond acceptors (Lipinski definition) is 3. The summed E-state index contributed by atoms with van der Waals surface area (Å²) in [7, 11) is 1.55. The van der Waals surface area contributed by atoms with E-state index in [2.05, 4.69) is 21.2 Å². The Bertz CT molecular complexity index is 1040. The van der Waals surface area contributed by atoms with Crippen LogP contribution in [0.25, 0.3) is 10.9 Å². The summed E-state index contributed by atoms with van der Waals surface area (Å²) >= 11 is 3.40. The Hall–Kier alpha value is -2.60. The van der Waals surface area contributed by atoms with Crippen molar-refractivity contribution in [3.8, 4) is 5.75 Å². The van der Waals surface area contributed by atoms with Crippen LogP contribution in [0.1, 0.15) is 35.8 Å². The van der Waals surface area contributed by atoms with Crippen molar-refractivity contribution in [1.82, 2.24) is 9.88 Å². The highest BCUT2D eigenvalue weighted by atomic mass is 79.9. The molecule has 0 spiro atoms. The molecule has 140 valence electrons. The summed E-state index contributed by atoms with van der Waals surface area (Å²) in [6.45, 7) is 4.51. The number of benzene rings is 2. The first-order chi connectivity index (χ1) is 12.9. The first-order valence-corrected chi connectivity index (χ1v) is 9.51. The van der Waals surface area contributed by atoms with Crippen molar-refractivity contribution >= 4 is 32.7 Å². The van der Waals surface area contributed by atoms with Crippen LogP contribution in [0.5, 0.6) is 5.75 Å². The number of aromatic nitrogens is 1. The van der Waals surface area contributed by atoms with Gasteiger partial charge in [-0.05, 0) is 49.7 Å². The van der Waals surface area contributed by atoms with E-state index in [-0.39, 0.29) is 22.9 Å². The van der Waals surface area contributed by atoms with Crippen molar-refractivity contribution in [3.05, 3.63) is 74.5 Å². The minimum Gasteiger partial charge on any atom is -0.497 e. The molecule has 3 rings (SSSR count). The molecule has 6 heteroatoms. The quantitative estimate of drug-likeness (QED) is 0.659. The molecule has 5 nitrogen and oxygen atoms in total. The number of ether oxygens (including phenoxy) is 1. The second-order valence-corrected chi connectivity index (χ2v) is 7.20. The predicted octanol–water partition coefficient (Wildman–Crippen LogP) is 4.28. The van der Waals surface area contributed by atoms with Gasteiger partial charge in [0, 0.05) is 17.2 Å². The van der Waals surface area contributed by atoms with Gasteiger partial charge in [-0.1, -0.05) is 28.1 Å². The van der Waals surface area contributed by atoms with Crippen molar-refractivity contribution in [3.63, 3.8) is 0 Å². The molecule has 1 unspecified atom stereocenters. The summed E-state index contributed by atoms with van der Waals surface area (Å²) in [5.74, 6) is 0.199. The molecule has 0 saturated heterocycles. The van der Waals surface area contributed by atoms with Crippen molar-refractivity contribution < 1.29 is 9.53 Å². The van der Waals surface area contributed by atoms with Crippen molar-refractivity contribution in [2.75, 3.05) is 7.11 Å². The Morgan fingerprint density at radius 1 is 1.22 bits per heavy atom. The average Bonchev–Trinajstić information content (AvgIpc) is 2.68. The molecule has 0 aliphatic rings. The second-order valence-electron chi connectivity index (χ2n) is 6.29. The Balaban J connectivity index is 1.99. The molecule has 0 saturated carbocycles. The fourth-order valence-corrected chi connectivity index (χ4v) is 3.30. The van der Waals surface area contributed by atoms with Gasteiger partial charge in [0.15, 0.2) is 0 Å². The molecule has 1 heterocycles. The van der Waals surface area contributed by atoms with E-state index < -0.39 is 0 Å². The SMILES string of the molecule is CCn1cc(C(=O)NC(C)c2ccc(Br)cc2)c(=O)c2cc(OC)ccc21. The Morgan fingerprint density at radius 3 is 2.56 bits per heavy atom. The molecule has 0 aliphatic heterocycles. The lowest BCUT2D eigenvalue weighted by Gasteiger charge is -2.16. The van der Waals surface area contributed by atoms with E-state index in [0.29, 0.717) is 17.7 Å². The van der Waals surface area contributed by atoms with Crippen LogP contribution in [0, 0.1) is 0 Å². The highest BCUT2D eigenvalue weighted by Crippen LogP contribution is 2.20. The lowest BCUT2D eigenvalue weighted by atomic mass is 10.1. The molecule has 0 fully saturated rings. The number of nitrogens with one attached hydrogen (secondary N) is 1. The van der Waals surface area contributed by atoms with Crippen molar-refractivity contribution in [2.24, 2.45) is 0 Å². The highest BCUT2D eigenvalue weighted by molar-refractivity contribution is 9.10. The number of carbonyl (C=O) groups is 1. The number of rotatable bonds is 5. The number of amides is 1. The number of halogens is 1. The Labute approximate surface area is 166 Å². The molecular weight excluding hydrogens is 408 g/mol. The van der Waals surface area contributed by atoms with Crippen LogP contribution in [-0.4, -0.2) is 17.6 Å². The van der Waals surface area contributed by atoms with Crippen LogP contribution in [0.4, 0.5) is 0 Å². The lowest BCUT2D eigenvalue weighted by molar-refractivity contribution is 0.0938. The maximum atomic E-state index is 12.9. The molecule has 0 radical (unpaired) electrons. The minimum absolute atomic E-state index is 0.126. The van der Waals surface area contributed by atoms with Crippen LogP contribution in [0.15, 0.2) is 57.9 Å². The minimum atomic E-state index is -0.387. The molecule has 1 aromatic heterocycles. The summed E-state index contributed by atoms with van der Waals surface area (Å²) in [6.07, 6.45) is 1.63. The standard InChI is InChI=1S/C21H21BrN2O3/c1-4-24-12-18(20(25)17-11-16(27-3)9-10-19(17)24)21(26)23-13(2)14-5-7-15(22)8-6-14/h5-13H,4H2,1-3H3,(H,23,26). The maximum absolute atomic E-state index is 12.9. The van der Waals surface area contributed by atoms with E-state index in [4.69, 9.17) is 4.74 Å². The monoisotopic (exact) mass is 428 g/mol. The largest absolute Gasteiger partial charge is 0.497 e. The van der Waals surface area contributed by atoms with Gasteiger partial charge in [0.25, 0.3) is 5.91 Å². The van der Waals surface area contributed by atoms with Gasteiger partial charge in [-0.25, -0.2) is 0 Å². The van der Waals surface area contributed by atoms with Gasteiger partial charge in [-0.15, -0.1) is 0 Å². The number of methoxy groups -OCH3 is 1. The van der Waals surface area contributed by atoms with E-state index in [1.807, 2.05) is 54.8 Å². The van der Waals surface area contributed by atoms with Gasteiger partial charge in [-0.3, -0.25) is 9.59 Å². The molecule has 27 heavy (non-hydrogen) atoms. The number of hydrogen-bond donors (Lipinski definition) is 1. The second kappa shape index (κ2) is 7.96. The van der Waals surface area contributed by atoms with Gasteiger partial charge >= 0.3 is 0 Å². The third-order valence-corrected chi connectivity index (χ3v) is 5.12. The summed E-state index contributed by atoms with van der Waals surface area (Å²) in [6, 6.07) is 12.8. The van der Waals surface area contributed by atoms with Crippen LogP contribution in [-0.2, 0) is 6.54 Å². The number of fused-ring (bicyclic) bond motifs is 1.